The Hall–Kier alpha value is -3.44. The fourth-order valence-electron chi connectivity index (χ4n) is 3.77. The summed E-state index contributed by atoms with van der Waals surface area (Å²) in [6.07, 6.45) is -0.909. The molecule has 0 aliphatic rings. The fraction of sp³-hybridized carbons (Fsp3) is 0.167. The van der Waals surface area contributed by atoms with Gasteiger partial charge in [-0.05, 0) is 73.5 Å². The average molecular weight is 389 g/mol. The van der Waals surface area contributed by atoms with Crippen LogP contribution in [0.4, 0.5) is 0 Å². The molecule has 1 heterocycles. The van der Waals surface area contributed by atoms with Crippen molar-refractivity contribution in [2.75, 3.05) is 0 Å². The van der Waals surface area contributed by atoms with Crippen LogP contribution in [0.3, 0.4) is 0 Å². The molecule has 4 rings (SSSR count). The van der Waals surface area contributed by atoms with Gasteiger partial charge in [-0.25, -0.2) is 0 Å². The zero-order chi connectivity index (χ0) is 20.5. The predicted molar refractivity (Wildman–Crippen MR) is 113 cm³/mol. The van der Waals surface area contributed by atoms with Crippen molar-refractivity contribution < 1.29 is 20.1 Å². The van der Waals surface area contributed by atoms with Crippen LogP contribution in [0.2, 0.25) is 0 Å². The number of aromatic nitrogens is 1. The van der Waals surface area contributed by atoms with Gasteiger partial charge in [0.15, 0.2) is 6.29 Å². The topological polar surface area (TPSA) is 74.9 Å². The first-order valence-corrected chi connectivity index (χ1v) is 9.48. The Morgan fingerprint density at radius 1 is 0.931 bits per heavy atom. The third kappa shape index (κ3) is 3.65. The van der Waals surface area contributed by atoms with Crippen molar-refractivity contribution in [1.82, 2.24) is 4.57 Å². The van der Waals surface area contributed by atoms with E-state index >= 15 is 0 Å². The van der Waals surface area contributed by atoms with Gasteiger partial charge in [0.2, 0.25) is 0 Å². The third-order valence-corrected chi connectivity index (χ3v) is 5.04. The Balaban J connectivity index is 1.92. The zero-order valence-electron chi connectivity index (χ0n) is 16.3. The van der Waals surface area contributed by atoms with Crippen molar-refractivity contribution in [3.05, 3.63) is 77.9 Å². The summed E-state index contributed by atoms with van der Waals surface area (Å²) in [5, 5.41) is 30.3. The van der Waals surface area contributed by atoms with Gasteiger partial charge in [0.25, 0.3) is 0 Å². The van der Waals surface area contributed by atoms with E-state index in [0.29, 0.717) is 12.3 Å². The van der Waals surface area contributed by atoms with Gasteiger partial charge in [-0.3, -0.25) is 0 Å². The van der Waals surface area contributed by atoms with Crippen LogP contribution in [0.25, 0.3) is 22.2 Å². The van der Waals surface area contributed by atoms with Gasteiger partial charge in [-0.15, -0.1) is 0 Å². The number of aromatic hydroxyl groups is 2. The summed E-state index contributed by atoms with van der Waals surface area (Å²) in [5.41, 5.74) is 4.91. The van der Waals surface area contributed by atoms with E-state index < -0.39 is 6.29 Å². The number of aryl methyl sites for hydroxylation is 1. The molecule has 5 nitrogen and oxygen atoms in total. The Bertz CT molecular complexity index is 1160. The first-order chi connectivity index (χ1) is 13.9. The lowest BCUT2D eigenvalue weighted by Crippen LogP contribution is -2.12. The second kappa shape index (κ2) is 7.53. The summed E-state index contributed by atoms with van der Waals surface area (Å²) >= 11 is 0. The number of ether oxygens (including phenoxy) is 1. The number of hydrogen-bond donors (Lipinski definition) is 3. The van der Waals surface area contributed by atoms with Crippen molar-refractivity contribution >= 4 is 10.9 Å². The molecule has 29 heavy (non-hydrogen) atoms. The molecule has 0 spiro atoms. The summed E-state index contributed by atoms with van der Waals surface area (Å²) in [4.78, 5) is 0. The lowest BCUT2D eigenvalue weighted by Gasteiger charge is -2.17. The maximum atomic E-state index is 10.0. The van der Waals surface area contributed by atoms with Gasteiger partial charge in [0.05, 0.1) is 12.2 Å². The van der Waals surface area contributed by atoms with E-state index in [-0.39, 0.29) is 11.5 Å². The standard InChI is InChI=1S/C24H23NO4/c1-15-21-13-20(28)11-12-22(21)25(24(15)17-7-9-19(27)10-8-17)14-18-5-3-4-6-23(18)29-16(2)26/h3-13,16,26-28H,14H2,1-2H3. The van der Waals surface area contributed by atoms with Gasteiger partial charge in [0, 0.05) is 16.5 Å². The van der Waals surface area contributed by atoms with Gasteiger partial charge in [0.1, 0.15) is 17.2 Å². The van der Waals surface area contributed by atoms with E-state index in [9.17, 15) is 15.3 Å². The highest BCUT2D eigenvalue weighted by Gasteiger charge is 2.18. The molecule has 0 saturated carbocycles. The van der Waals surface area contributed by atoms with E-state index in [1.807, 2.05) is 49.4 Å². The SMILES string of the molecule is Cc1c(-c2ccc(O)cc2)n(Cc2ccccc2OC(C)O)c2ccc(O)cc12. The molecule has 3 aromatic carbocycles. The molecule has 0 aliphatic carbocycles. The Labute approximate surface area is 169 Å². The van der Waals surface area contributed by atoms with Crippen LogP contribution in [-0.4, -0.2) is 26.2 Å². The highest BCUT2D eigenvalue weighted by atomic mass is 16.6. The second-order valence-corrected chi connectivity index (χ2v) is 7.13. The molecular weight excluding hydrogens is 366 g/mol. The predicted octanol–water partition coefficient (Wildman–Crippen LogP) is 4.79. The number of aliphatic hydroxyl groups excluding tert-OH is 1. The lowest BCUT2D eigenvalue weighted by molar-refractivity contribution is -0.00104. The summed E-state index contributed by atoms with van der Waals surface area (Å²) in [6.45, 7) is 4.13. The number of phenolic OH excluding ortho intramolecular Hbond substituents is 2. The van der Waals surface area contributed by atoms with E-state index in [0.717, 1.165) is 33.3 Å². The molecule has 1 atom stereocenters. The molecule has 148 valence electrons. The zero-order valence-corrected chi connectivity index (χ0v) is 16.3. The Morgan fingerprint density at radius 2 is 1.62 bits per heavy atom. The number of benzene rings is 3. The number of hydrogen-bond acceptors (Lipinski definition) is 4. The highest BCUT2D eigenvalue weighted by Crippen LogP contribution is 2.37. The van der Waals surface area contributed by atoms with Crippen LogP contribution >= 0.6 is 0 Å². The number of fused-ring (bicyclic) bond motifs is 1. The fourth-order valence-corrected chi connectivity index (χ4v) is 3.77. The van der Waals surface area contributed by atoms with Crippen LogP contribution < -0.4 is 4.74 Å². The Morgan fingerprint density at radius 3 is 2.34 bits per heavy atom. The second-order valence-electron chi connectivity index (χ2n) is 7.13. The van der Waals surface area contributed by atoms with Gasteiger partial charge in [-0.2, -0.15) is 0 Å². The van der Waals surface area contributed by atoms with E-state index in [2.05, 4.69) is 4.57 Å². The van der Waals surface area contributed by atoms with Crippen LogP contribution in [0.5, 0.6) is 17.2 Å². The molecule has 1 unspecified atom stereocenters. The van der Waals surface area contributed by atoms with E-state index in [1.54, 1.807) is 31.2 Å². The summed E-state index contributed by atoms with van der Waals surface area (Å²) in [6, 6.07) is 20.1. The molecule has 0 amide bonds. The summed E-state index contributed by atoms with van der Waals surface area (Å²) < 4.78 is 7.75. The van der Waals surface area contributed by atoms with Gasteiger partial charge < -0.3 is 24.6 Å². The molecular formula is C24H23NO4. The summed E-state index contributed by atoms with van der Waals surface area (Å²) in [7, 11) is 0. The van der Waals surface area contributed by atoms with Crippen LogP contribution in [0.1, 0.15) is 18.1 Å². The third-order valence-electron chi connectivity index (χ3n) is 5.04. The first kappa shape index (κ1) is 18.9. The number of aliphatic hydroxyl groups is 1. The maximum Gasteiger partial charge on any atom is 0.194 e. The molecule has 0 radical (unpaired) electrons. The number of phenols is 2. The number of nitrogens with zero attached hydrogens (tertiary/aromatic N) is 1. The minimum atomic E-state index is -0.909. The van der Waals surface area contributed by atoms with E-state index in [1.165, 1.54) is 0 Å². The molecule has 5 heteroatoms. The highest BCUT2D eigenvalue weighted by molar-refractivity contribution is 5.92. The largest absolute Gasteiger partial charge is 0.508 e. The molecule has 0 fully saturated rings. The minimum absolute atomic E-state index is 0.211. The van der Waals surface area contributed by atoms with Crippen molar-refractivity contribution in [3.8, 4) is 28.5 Å². The molecule has 0 aliphatic heterocycles. The Kier molecular flexibility index (Phi) is 4.91. The van der Waals surface area contributed by atoms with Crippen LogP contribution in [0.15, 0.2) is 66.7 Å². The van der Waals surface area contributed by atoms with Crippen molar-refractivity contribution in [2.45, 2.75) is 26.7 Å². The number of para-hydroxylation sites is 1. The summed E-state index contributed by atoms with van der Waals surface area (Å²) in [5.74, 6) is 1.05. The van der Waals surface area contributed by atoms with Gasteiger partial charge in [-0.1, -0.05) is 18.2 Å². The van der Waals surface area contributed by atoms with Crippen LogP contribution in [0, 0.1) is 6.92 Å². The maximum absolute atomic E-state index is 10.0. The molecule has 0 saturated heterocycles. The van der Waals surface area contributed by atoms with Gasteiger partial charge >= 0.3 is 0 Å². The van der Waals surface area contributed by atoms with Crippen molar-refractivity contribution in [2.24, 2.45) is 0 Å². The molecule has 0 bridgehead atoms. The van der Waals surface area contributed by atoms with Crippen LogP contribution in [-0.2, 0) is 6.54 Å². The quantitative estimate of drug-likeness (QED) is 0.429. The minimum Gasteiger partial charge on any atom is -0.508 e. The molecule has 4 aromatic rings. The average Bonchev–Trinajstić information content (AvgIpc) is 2.95. The van der Waals surface area contributed by atoms with Crippen molar-refractivity contribution in [3.63, 3.8) is 0 Å². The first-order valence-electron chi connectivity index (χ1n) is 9.48. The smallest absolute Gasteiger partial charge is 0.194 e. The lowest BCUT2D eigenvalue weighted by atomic mass is 10.1. The molecule has 3 N–H and O–H groups in total. The normalized spacial score (nSPS) is 12.2. The monoisotopic (exact) mass is 389 g/mol. The van der Waals surface area contributed by atoms with Crippen molar-refractivity contribution in [1.29, 1.82) is 0 Å². The van der Waals surface area contributed by atoms with E-state index in [4.69, 9.17) is 4.74 Å². The number of rotatable bonds is 5. The molecule has 1 aromatic heterocycles.